The zero-order chi connectivity index (χ0) is 15.5. The van der Waals surface area contributed by atoms with Gasteiger partial charge >= 0.3 is 0 Å². The lowest BCUT2D eigenvalue weighted by Gasteiger charge is -2.23. The Kier molecular flexibility index (Phi) is 4.89. The van der Waals surface area contributed by atoms with Crippen LogP contribution in [0.2, 0.25) is 0 Å². The Morgan fingerprint density at radius 1 is 1.10 bits per heavy atom. The second-order valence-electron chi connectivity index (χ2n) is 6.20. The Morgan fingerprint density at radius 3 is 2.48 bits per heavy atom. The number of halogens is 1. The summed E-state index contributed by atoms with van der Waals surface area (Å²) in [7, 11) is 0. The van der Waals surface area contributed by atoms with Gasteiger partial charge in [-0.3, -0.25) is 4.98 Å². The fraction of sp³-hybridized carbons (Fsp3) is 0.389. The molecule has 2 nitrogen and oxygen atoms in total. The molecule has 0 saturated heterocycles. The summed E-state index contributed by atoms with van der Waals surface area (Å²) in [6.07, 6.45) is 4.49. The monoisotopic (exact) mass is 303 g/mol. The van der Waals surface area contributed by atoms with Crippen LogP contribution in [0.1, 0.15) is 44.4 Å². The molecule has 2 rings (SSSR count). The molecule has 0 bridgehead atoms. The van der Waals surface area contributed by atoms with Gasteiger partial charge in [0.15, 0.2) is 0 Å². The summed E-state index contributed by atoms with van der Waals surface area (Å²) in [6.45, 7) is 8.75. The zero-order valence-electron chi connectivity index (χ0n) is 13.1. The minimum atomic E-state index is 0.0258. The molecular weight excluding hydrogens is 282 g/mol. The average Bonchev–Trinajstić information content (AvgIpc) is 2.46. The maximum atomic E-state index is 6.06. The molecule has 0 aliphatic heterocycles. The first-order valence-electron chi connectivity index (χ1n) is 7.25. The van der Waals surface area contributed by atoms with E-state index < -0.39 is 0 Å². The molecule has 1 heterocycles. The average molecular weight is 304 g/mol. The number of pyridine rings is 1. The lowest BCUT2D eigenvalue weighted by atomic mass is 9.85. The highest BCUT2D eigenvalue weighted by atomic mass is 35.5. The van der Waals surface area contributed by atoms with E-state index in [0.717, 1.165) is 23.5 Å². The number of hydrogen-bond acceptors (Lipinski definition) is 2. The van der Waals surface area contributed by atoms with E-state index in [1.807, 2.05) is 12.1 Å². The predicted octanol–water partition coefficient (Wildman–Crippen LogP) is 5.47. The first-order chi connectivity index (χ1) is 9.94. The molecule has 0 amide bonds. The zero-order valence-corrected chi connectivity index (χ0v) is 13.9. The first kappa shape index (κ1) is 15.8. The highest BCUT2D eigenvalue weighted by Crippen LogP contribution is 2.35. The van der Waals surface area contributed by atoms with Crippen LogP contribution in [0, 0.1) is 0 Å². The number of aryl methyl sites for hydroxylation is 1. The van der Waals surface area contributed by atoms with E-state index >= 15 is 0 Å². The van der Waals surface area contributed by atoms with Crippen LogP contribution in [0.3, 0.4) is 0 Å². The molecule has 2 aromatic rings. The lowest BCUT2D eigenvalue weighted by molar-refractivity contribution is 0.452. The van der Waals surface area contributed by atoms with Gasteiger partial charge in [-0.1, -0.05) is 39.8 Å². The van der Waals surface area contributed by atoms with Gasteiger partial charge in [0.1, 0.15) is 11.5 Å². The highest BCUT2D eigenvalue weighted by Gasteiger charge is 2.20. The van der Waals surface area contributed by atoms with Gasteiger partial charge in [-0.15, -0.1) is 11.6 Å². The Morgan fingerprint density at radius 2 is 1.86 bits per heavy atom. The van der Waals surface area contributed by atoms with Crippen LogP contribution < -0.4 is 4.74 Å². The van der Waals surface area contributed by atoms with Gasteiger partial charge in [0.25, 0.3) is 0 Å². The minimum Gasteiger partial charge on any atom is -0.455 e. The van der Waals surface area contributed by atoms with Gasteiger partial charge in [0.05, 0.1) is 6.20 Å². The quantitative estimate of drug-likeness (QED) is 0.698. The third kappa shape index (κ3) is 3.98. The summed E-state index contributed by atoms with van der Waals surface area (Å²) >= 11 is 5.85. The standard InChI is InChI=1S/C18H22ClNO/c1-5-13-6-7-17(16(9-13)18(2,3)4)21-15-8-14(10-19)11-20-12-15/h6-9,11-12H,5,10H2,1-4H3. The van der Waals surface area contributed by atoms with Crippen molar-refractivity contribution in [2.75, 3.05) is 0 Å². The molecule has 0 spiro atoms. The van der Waals surface area contributed by atoms with Gasteiger partial charge in [-0.05, 0) is 35.1 Å². The van der Waals surface area contributed by atoms with Crippen LogP contribution in [0.4, 0.5) is 0 Å². The van der Waals surface area contributed by atoms with Crippen molar-refractivity contribution in [2.45, 2.75) is 45.4 Å². The van der Waals surface area contributed by atoms with Gasteiger partial charge in [-0.25, -0.2) is 0 Å². The second-order valence-corrected chi connectivity index (χ2v) is 6.47. The molecule has 0 atom stereocenters. The van der Waals surface area contributed by atoms with Gasteiger partial charge in [0.2, 0.25) is 0 Å². The summed E-state index contributed by atoms with van der Waals surface area (Å²) in [4.78, 5) is 4.17. The van der Waals surface area contributed by atoms with Crippen LogP contribution >= 0.6 is 11.6 Å². The van der Waals surface area contributed by atoms with Crippen molar-refractivity contribution in [1.82, 2.24) is 4.98 Å². The van der Waals surface area contributed by atoms with Crippen LogP contribution in [-0.4, -0.2) is 4.98 Å². The number of rotatable bonds is 4. The third-order valence-corrected chi connectivity index (χ3v) is 3.72. The van der Waals surface area contributed by atoms with Gasteiger partial charge in [-0.2, -0.15) is 0 Å². The fourth-order valence-electron chi connectivity index (χ4n) is 2.19. The van der Waals surface area contributed by atoms with Gasteiger partial charge < -0.3 is 4.74 Å². The number of hydrogen-bond donors (Lipinski definition) is 0. The molecule has 21 heavy (non-hydrogen) atoms. The Bertz CT molecular complexity index is 617. The van der Waals surface area contributed by atoms with E-state index in [4.69, 9.17) is 16.3 Å². The van der Waals surface area contributed by atoms with Crippen molar-refractivity contribution < 1.29 is 4.74 Å². The number of ether oxygens (including phenoxy) is 1. The highest BCUT2D eigenvalue weighted by molar-refractivity contribution is 6.17. The van der Waals surface area contributed by atoms with E-state index in [2.05, 4.69) is 44.8 Å². The number of nitrogens with zero attached hydrogens (tertiary/aromatic N) is 1. The normalized spacial score (nSPS) is 11.5. The largest absolute Gasteiger partial charge is 0.455 e. The SMILES string of the molecule is CCc1ccc(Oc2cncc(CCl)c2)c(C(C)(C)C)c1. The Labute approximate surface area is 132 Å². The number of benzene rings is 1. The molecule has 1 aromatic heterocycles. The lowest BCUT2D eigenvalue weighted by Crippen LogP contribution is -2.13. The summed E-state index contributed by atoms with van der Waals surface area (Å²) in [6, 6.07) is 8.32. The molecule has 3 heteroatoms. The van der Waals surface area contributed by atoms with Gasteiger partial charge in [0, 0.05) is 17.6 Å². The van der Waals surface area contributed by atoms with Crippen LogP contribution in [0.5, 0.6) is 11.5 Å². The summed E-state index contributed by atoms with van der Waals surface area (Å²) in [5.74, 6) is 2.04. The maximum Gasteiger partial charge on any atom is 0.146 e. The fourth-order valence-corrected chi connectivity index (χ4v) is 2.34. The van der Waals surface area contributed by atoms with E-state index in [0.29, 0.717) is 5.88 Å². The Balaban J connectivity index is 2.39. The van der Waals surface area contributed by atoms with Crippen molar-refractivity contribution in [3.05, 3.63) is 53.3 Å². The number of alkyl halides is 1. The van der Waals surface area contributed by atoms with Crippen molar-refractivity contribution >= 4 is 11.6 Å². The second kappa shape index (κ2) is 6.48. The molecule has 1 aromatic carbocycles. The molecule has 0 aliphatic carbocycles. The van der Waals surface area contributed by atoms with E-state index in [1.54, 1.807) is 12.4 Å². The first-order valence-corrected chi connectivity index (χ1v) is 7.78. The molecule has 0 fully saturated rings. The third-order valence-electron chi connectivity index (χ3n) is 3.41. The molecule has 0 unspecified atom stereocenters. The van der Waals surface area contributed by atoms with Crippen molar-refractivity contribution in [1.29, 1.82) is 0 Å². The molecule has 0 aliphatic rings. The van der Waals surface area contributed by atoms with Crippen molar-refractivity contribution in [2.24, 2.45) is 0 Å². The van der Waals surface area contributed by atoms with Crippen LogP contribution in [-0.2, 0) is 17.7 Å². The van der Waals surface area contributed by atoms with E-state index in [9.17, 15) is 0 Å². The Hall–Kier alpha value is -1.54. The van der Waals surface area contributed by atoms with Crippen molar-refractivity contribution in [3.8, 4) is 11.5 Å². The molecule has 0 saturated carbocycles. The molecule has 112 valence electrons. The summed E-state index contributed by atoms with van der Waals surface area (Å²) in [5, 5.41) is 0. The van der Waals surface area contributed by atoms with Crippen LogP contribution in [0.15, 0.2) is 36.7 Å². The summed E-state index contributed by atoms with van der Waals surface area (Å²) in [5.41, 5.74) is 3.51. The topological polar surface area (TPSA) is 22.1 Å². The molecule has 0 radical (unpaired) electrons. The van der Waals surface area contributed by atoms with Crippen LogP contribution in [0.25, 0.3) is 0 Å². The number of aromatic nitrogens is 1. The predicted molar refractivity (Wildman–Crippen MR) is 88.4 cm³/mol. The molecular formula is C18H22ClNO. The maximum absolute atomic E-state index is 6.06. The smallest absolute Gasteiger partial charge is 0.146 e. The van der Waals surface area contributed by atoms with E-state index in [1.165, 1.54) is 11.1 Å². The van der Waals surface area contributed by atoms with E-state index in [-0.39, 0.29) is 5.41 Å². The minimum absolute atomic E-state index is 0.0258. The van der Waals surface area contributed by atoms with Crippen molar-refractivity contribution in [3.63, 3.8) is 0 Å². The molecule has 0 N–H and O–H groups in total. The summed E-state index contributed by atoms with van der Waals surface area (Å²) < 4.78 is 6.06.